The molecule has 5 N–H and O–H groups in total. The zero-order valence-corrected chi connectivity index (χ0v) is 5.34. The quantitative estimate of drug-likeness (QED) is 0.306. The van der Waals surface area contributed by atoms with Gasteiger partial charge < -0.3 is 25.8 Å². The number of hydrogen-bond donors (Lipinski definition) is 4. The number of rotatable bonds is 1. The lowest BCUT2D eigenvalue weighted by Gasteiger charge is -2.16. The Morgan fingerprint density at radius 3 is 2.30 bits per heavy atom. The molecular formula is C5H11NO4. The van der Waals surface area contributed by atoms with Gasteiger partial charge in [-0.1, -0.05) is 0 Å². The highest BCUT2D eigenvalue weighted by atomic mass is 16.5. The van der Waals surface area contributed by atoms with Crippen molar-refractivity contribution in [1.82, 2.24) is 0 Å². The molecule has 4 atom stereocenters. The van der Waals surface area contributed by atoms with Crippen molar-refractivity contribution in [2.75, 3.05) is 6.61 Å². The second kappa shape index (κ2) is 2.81. The smallest absolute Gasteiger partial charge is 0.131 e. The molecule has 0 spiro atoms. The van der Waals surface area contributed by atoms with E-state index in [0.717, 1.165) is 0 Å². The Morgan fingerprint density at radius 2 is 2.10 bits per heavy atom. The maximum atomic E-state index is 9.01. The first-order valence-corrected chi connectivity index (χ1v) is 3.04. The molecule has 0 aromatic rings. The first kappa shape index (κ1) is 7.90. The molecule has 1 saturated heterocycles. The van der Waals surface area contributed by atoms with Gasteiger partial charge in [0.1, 0.15) is 24.5 Å². The van der Waals surface area contributed by atoms with Crippen molar-refractivity contribution >= 4 is 0 Å². The fourth-order valence-electron chi connectivity index (χ4n) is 0.926. The van der Waals surface area contributed by atoms with Crippen molar-refractivity contribution in [3.8, 4) is 0 Å². The maximum absolute atomic E-state index is 9.01. The third-order valence-electron chi connectivity index (χ3n) is 1.53. The third-order valence-corrected chi connectivity index (χ3v) is 1.53. The van der Waals surface area contributed by atoms with Gasteiger partial charge in [0.05, 0.1) is 6.61 Å². The molecule has 0 aromatic carbocycles. The summed E-state index contributed by atoms with van der Waals surface area (Å²) in [5.41, 5.74) is 5.01. The summed E-state index contributed by atoms with van der Waals surface area (Å²) in [5.74, 6) is 0. The highest BCUT2D eigenvalue weighted by molar-refractivity contribution is 4.85. The van der Waals surface area contributed by atoms with Crippen LogP contribution in [0.4, 0.5) is 0 Å². The first-order valence-electron chi connectivity index (χ1n) is 3.04. The summed E-state index contributed by atoms with van der Waals surface area (Å²) in [4.78, 5) is 0. The fraction of sp³-hybridized carbons (Fsp3) is 1.00. The van der Waals surface area contributed by atoms with Crippen LogP contribution >= 0.6 is 0 Å². The standard InChI is InChI=1S/C5H11NO4/c6-5(9)4-3(8)2(7)1-10-4/h2-5,7-9H,1,6H2/t2-,3?,4-,5?/m0/s1. The maximum Gasteiger partial charge on any atom is 0.131 e. The molecule has 0 bridgehead atoms. The zero-order valence-electron chi connectivity index (χ0n) is 5.34. The minimum absolute atomic E-state index is 0.0279. The van der Waals surface area contributed by atoms with Gasteiger partial charge in [-0.3, -0.25) is 0 Å². The van der Waals surface area contributed by atoms with Gasteiger partial charge in [-0.25, -0.2) is 0 Å². The van der Waals surface area contributed by atoms with Crippen molar-refractivity contribution in [2.45, 2.75) is 24.5 Å². The van der Waals surface area contributed by atoms with Crippen LogP contribution in [0.5, 0.6) is 0 Å². The highest BCUT2D eigenvalue weighted by Gasteiger charge is 2.37. The van der Waals surface area contributed by atoms with E-state index < -0.39 is 24.5 Å². The molecule has 1 aliphatic rings. The lowest BCUT2D eigenvalue weighted by Crippen LogP contribution is -2.43. The van der Waals surface area contributed by atoms with Crippen LogP contribution in [0.15, 0.2) is 0 Å². The Balaban J connectivity index is 2.49. The molecule has 5 nitrogen and oxygen atoms in total. The molecule has 0 aliphatic carbocycles. The van der Waals surface area contributed by atoms with E-state index in [4.69, 9.17) is 25.8 Å². The van der Waals surface area contributed by atoms with Crippen LogP contribution in [0.3, 0.4) is 0 Å². The molecule has 0 aromatic heterocycles. The van der Waals surface area contributed by atoms with E-state index in [-0.39, 0.29) is 6.61 Å². The molecule has 0 radical (unpaired) electrons. The molecule has 0 saturated carbocycles. The lowest BCUT2D eigenvalue weighted by atomic mass is 10.1. The molecular weight excluding hydrogens is 138 g/mol. The van der Waals surface area contributed by atoms with E-state index in [0.29, 0.717) is 0 Å². The fourth-order valence-corrected chi connectivity index (χ4v) is 0.926. The Labute approximate surface area is 58.0 Å². The van der Waals surface area contributed by atoms with Crippen molar-refractivity contribution in [2.24, 2.45) is 5.73 Å². The molecule has 2 unspecified atom stereocenters. The zero-order chi connectivity index (χ0) is 7.72. The van der Waals surface area contributed by atoms with Crippen molar-refractivity contribution < 1.29 is 20.1 Å². The Kier molecular flexibility index (Phi) is 2.22. The molecule has 1 aliphatic heterocycles. The summed E-state index contributed by atoms with van der Waals surface area (Å²) in [7, 11) is 0. The Hall–Kier alpha value is -0.200. The SMILES string of the molecule is NC(O)[C@H]1OC[C@H](O)C1O. The number of hydrogen-bond acceptors (Lipinski definition) is 5. The molecule has 1 rings (SSSR count). The number of aliphatic hydroxyl groups excluding tert-OH is 3. The summed E-state index contributed by atoms with van der Waals surface area (Å²) >= 11 is 0. The number of ether oxygens (including phenoxy) is 1. The van der Waals surface area contributed by atoms with Crippen LogP contribution in [0, 0.1) is 0 Å². The number of nitrogens with two attached hydrogens (primary N) is 1. The van der Waals surface area contributed by atoms with Gasteiger partial charge >= 0.3 is 0 Å². The average molecular weight is 149 g/mol. The van der Waals surface area contributed by atoms with Crippen LogP contribution in [0.25, 0.3) is 0 Å². The lowest BCUT2D eigenvalue weighted by molar-refractivity contribution is -0.0477. The predicted octanol–water partition coefficient (Wildman–Crippen LogP) is -2.62. The predicted molar refractivity (Wildman–Crippen MR) is 31.9 cm³/mol. The molecule has 60 valence electrons. The summed E-state index contributed by atoms with van der Waals surface area (Å²) in [6, 6.07) is 0. The van der Waals surface area contributed by atoms with Gasteiger partial charge in [-0.2, -0.15) is 0 Å². The molecule has 10 heavy (non-hydrogen) atoms. The van der Waals surface area contributed by atoms with Crippen LogP contribution in [-0.2, 0) is 4.74 Å². The van der Waals surface area contributed by atoms with Crippen molar-refractivity contribution in [3.05, 3.63) is 0 Å². The topological polar surface area (TPSA) is 95.9 Å². The average Bonchev–Trinajstić information content (AvgIpc) is 2.14. The normalized spacial score (nSPS) is 43.8. The third kappa shape index (κ3) is 1.28. The number of aliphatic hydroxyl groups is 3. The Bertz CT molecular complexity index is 118. The van der Waals surface area contributed by atoms with E-state index >= 15 is 0 Å². The van der Waals surface area contributed by atoms with E-state index in [1.54, 1.807) is 0 Å². The monoisotopic (exact) mass is 149 g/mol. The van der Waals surface area contributed by atoms with Gasteiger partial charge in [0.15, 0.2) is 0 Å². The van der Waals surface area contributed by atoms with Gasteiger partial charge in [0, 0.05) is 0 Å². The summed E-state index contributed by atoms with van der Waals surface area (Å²) < 4.78 is 4.76. The van der Waals surface area contributed by atoms with E-state index in [1.165, 1.54) is 0 Å². The summed E-state index contributed by atoms with van der Waals surface area (Å²) in [5, 5.41) is 26.6. The molecule has 1 heterocycles. The second-order valence-electron chi connectivity index (χ2n) is 2.35. The van der Waals surface area contributed by atoms with E-state index in [9.17, 15) is 0 Å². The van der Waals surface area contributed by atoms with Crippen LogP contribution in [0.2, 0.25) is 0 Å². The minimum Gasteiger partial charge on any atom is -0.388 e. The van der Waals surface area contributed by atoms with Crippen LogP contribution in [-0.4, -0.2) is 46.5 Å². The largest absolute Gasteiger partial charge is 0.388 e. The highest BCUT2D eigenvalue weighted by Crippen LogP contribution is 2.14. The first-order chi connectivity index (χ1) is 4.63. The van der Waals surface area contributed by atoms with Gasteiger partial charge in [0.25, 0.3) is 0 Å². The summed E-state index contributed by atoms with van der Waals surface area (Å²) in [6.07, 6.45) is -4.08. The van der Waals surface area contributed by atoms with Crippen LogP contribution in [0.1, 0.15) is 0 Å². The van der Waals surface area contributed by atoms with E-state index in [2.05, 4.69) is 0 Å². The van der Waals surface area contributed by atoms with Gasteiger partial charge in [0.2, 0.25) is 0 Å². The minimum atomic E-state index is -1.23. The van der Waals surface area contributed by atoms with Gasteiger partial charge in [-0.15, -0.1) is 0 Å². The van der Waals surface area contributed by atoms with Crippen molar-refractivity contribution in [1.29, 1.82) is 0 Å². The van der Waals surface area contributed by atoms with Crippen molar-refractivity contribution in [3.63, 3.8) is 0 Å². The summed E-state index contributed by atoms with van der Waals surface area (Å²) in [6.45, 7) is 0.0279. The molecule has 5 heteroatoms. The molecule has 0 amide bonds. The second-order valence-corrected chi connectivity index (χ2v) is 2.35. The molecule has 1 fully saturated rings. The Morgan fingerprint density at radius 1 is 1.50 bits per heavy atom. The van der Waals surface area contributed by atoms with E-state index in [1.807, 2.05) is 0 Å². The van der Waals surface area contributed by atoms with Gasteiger partial charge in [-0.05, 0) is 0 Å². The van der Waals surface area contributed by atoms with Crippen LogP contribution < -0.4 is 5.73 Å².